The van der Waals surface area contributed by atoms with Crippen molar-refractivity contribution < 1.29 is 4.79 Å². The monoisotopic (exact) mass is 289 g/mol. The molecule has 0 saturated heterocycles. The standard InChI is InChI=1S/C12H17Cl2N3O/c1-4-6(2)9(15)12(18)17-10-7(3)5-8(13)16-11(10)14/h5-6,9H,4,15H2,1-3H3,(H,17,18)/t6-,9-/m0/s1. The third kappa shape index (κ3) is 3.57. The van der Waals surface area contributed by atoms with E-state index in [2.05, 4.69) is 10.3 Å². The Bertz CT molecular complexity index is 428. The Kier molecular flexibility index (Phi) is 5.38. The molecule has 1 amide bonds. The number of nitrogens with zero attached hydrogens (tertiary/aromatic N) is 1. The summed E-state index contributed by atoms with van der Waals surface area (Å²) in [6, 6.07) is 1.07. The fourth-order valence-electron chi connectivity index (χ4n) is 1.46. The van der Waals surface area contributed by atoms with Crippen molar-refractivity contribution in [2.24, 2.45) is 11.7 Å². The zero-order valence-electron chi connectivity index (χ0n) is 10.6. The molecule has 0 radical (unpaired) electrons. The van der Waals surface area contributed by atoms with Gasteiger partial charge in [0.2, 0.25) is 5.91 Å². The number of carbonyl (C=O) groups is 1. The molecule has 0 bridgehead atoms. The minimum Gasteiger partial charge on any atom is -0.322 e. The van der Waals surface area contributed by atoms with Crippen LogP contribution in [-0.4, -0.2) is 16.9 Å². The van der Waals surface area contributed by atoms with Gasteiger partial charge in [-0.15, -0.1) is 0 Å². The molecule has 1 heterocycles. The highest BCUT2D eigenvalue weighted by Crippen LogP contribution is 2.26. The lowest BCUT2D eigenvalue weighted by Gasteiger charge is -2.18. The summed E-state index contributed by atoms with van der Waals surface area (Å²) in [6.07, 6.45) is 0.834. The van der Waals surface area contributed by atoms with Crippen molar-refractivity contribution in [3.63, 3.8) is 0 Å². The van der Waals surface area contributed by atoms with Gasteiger partial charge in [0.15, 0.2) is 5.15 Å². The normalized spacial score (nSPS) is 14.1. The Morgan fingerprint density at radius 3 is 2.67 bits per heavy atom. The van der Waals surface area contributed by atoms with E-state index in [1.54, 1.807) is 13.0 Å². The molecule has 1 rings (SSSR count). The van der Waals surface area contributed by atoms with Gasteiger partial charge in [0.1, 0.15) is 5.15 Å². The van der Waals surface area contributed by atoms with E-state index in [1.807, 2.05) is 13.8 Å². The Balaban J connectivity index is 2.89. The predicted molar refractivity (Wildman–Crippen MR) is 75.1 cm³/mol. The van der Waals surface area contributed by atoms with E-state index in [9.17, 15) is 4.79 Å². The van der Waals surface area contributed by atoms with Gasteiger partial charge in [-0.3, -0.25) is 4.79 Å². The second-order valence-corrected chi connectivity index (χ2v) is 5.07. The number of aryl methyl sites for hydroxylation is 1. The fraction of sp³-hybridized carbons (Fsp3) is 0.500. The molecule has 1 aromatic rings. The second-order valence-electron chi connectivity index (χ2n) is 4.33. The van der Waals surface area contributed by atoms with Gasteiger partial charge in [-0.05, 0) is 24.5 Å². The highest BCUT2D eigenvalue weighted by molar-refractivity contribution is 6.34. The number of anilines is 1. The van der Waals surface area contributed by atoms with Crippen LogP contribution in [0.2, 0.25) is 10.3 Å². The third-order valence-corrected chi connectivity index (χ3v) is 3.42. The van der Waals surface area contributed by atoms with Gasteiger partial charge < -0.3 is 11.1 Å². The number of pyridine rings is 1. The molecule has 4 nitrogen and oxygen atoms in total. The predicted octanol–water partition coefficient (Wildman–Crippen LogP) is 3.01. The Hall–Kier alpha value is -0.840. The van der Waals surface area contributed by atoms with E-state index in [4.69, 9.17) is 28.9 Å². The molecule has 0 spiro atoms. The Labute approximate surface area is 117 Å². The first-order chi connectivity index (χ1) is 8.36. The molecule has 0 aliphatic rings. The van der Waals surface area contributed by atoms with E-state index in [0.717, 1.165) is 12.0 Å². The summed E-state index contributed by atoms with van der Waals surface area (Å²) in [4.78, 5) is 15.8. The molecule has 0 fully saturated rings. The Morgan fingerprint density at radius 2 is 2.17 bits per heavy atom. The van der Waals surface area contributed by atoms with Gasteiger partial charge in [0.25, 0.3) is 0 Å². The molecule has 0 saturated carbocycles. The highest BCUT2D eigenvalue weighted by atomic mass is 35.5. The van der Waals surface area contributed by atoms with Gasteiger partial charge in [-0.1, -0.05) is 43.5 Å². The quantitative estimate of drug-likeness (QED) is 0.837. The summed E-state index contributed by atoms with van der Waals surface area (Å²) in [6.45, 7) is 5.71. The first kappa shape index (κ1) is 15.2. The van der Waals surface area contributed by atoms with Crippen molar-refractivity contribution in [1.29, 1.82) is 0 Å². The first-order valence-electron chi connectivity index (χ1n) is 5.75. The summed E-state index contributed by atoms with van der Waals surface area (Å²) in [7, 11) is 0. The molecule has 0 aliphatic carbocycles. The van der Waals surface area contributed by atoms with Crippen LogP contribution in [0.1, 0.15) is 25.8 Å². The van der Waals surface area contributed by atoms with Crippen molar-refractivity contribution in [3.05, 3.63) is 21.9 Å². The van der Waals surface area contributed by atoms with Crippen LogP contribution in [0.3, 0.4) is 0 Å². The average molecular weight is 290 g/mol. The maximum Gasteiger partial charge on any atom is 0.241 e. The summed E-state index contributed by atoms with van der Waals surface area (Å²) in [5, 5.41) is 3.17. The highest BCUT2D eigenvalue weighted by Gasteiger charge is 2.21. The van der Waals surface area contributed by atoms with Crippen molar-refractivity contribution in [2.45, 2.75) is 33.2 Å². The molecule has 0 unspecified atom stereocenters. The van der Waals surface area contributed by atoms with Crippen LogP contribution < -0.4 is 11.1 Å². The topological polar surface area (TPSA) is 68.0 Å². The van der Waals surface area contributed by atoms with Crippen molar-refractivity contribution in [2.75, 3.05) is 5.32 Å². The average Bonchev–Trinajstić information content (AvgIpc) is 2.31. The summed E-state index contributed by atoms with van der Waals surface area (Å²) in [5.74, 6) is -0.164. The van der Waals surface area contributed by atoms with Crippen LogP contribution in [-0.2, 0) is 4.79 Å². The third-order valence-electron chi connectivity index (χ3n) is 2.95. The van der Waals surface area contributed by atoms with E-state index in [0.29, 0.717) is 10.8 Å². The van der Waals surface area contributed by atoms with Crippen molar-refractivity contribution >= 4 is 34.8 Å². The second kappa shape index (κ2) is 6.36. The number of halogens is 2. The molecule has 0 aromatic carbocycles. The summed E-state index contributed by atoms with van der Waals surface area (Å²) >= 11 is 11.7. The molecule has 6 heteroatoms. The van der Waals surface area contributed by atoms with E-state index in [1.165, 1.54) is 0 Å². The van der Waals surface area contributed by atoms with Crippen molar-refractivity contribution in [1.82, 2.24) is 4.98 Å². The van der Waals surface area contributed by atoms with E-state index < -0.39 is 6.04 Å². The first-order valence-corrected chi connectivity index (χ1v) is 6.51. The summed E-state index contributed by atoms with van der Waals surface area (Å²) < 4.78 is 0. The van der Waals surface area contributed by atoms with Gasteiger partial charge in [-0.25, -0.2) is 4.98 Å². The molecular formula is C12H17Cl2N3O. The maximum absolute atomic E-state index is 11.9. The van der Waals surface area contributed by atoms with E-state index >= 15 is 0 Å². The van der Waals surface area contributed by atoms with Crippen LogP contribution in [0, 0.1) is 12.8 Å². The number of carbonyl (C=O) groups excluding carboxylic acids is 1. The lowest BCUT2D eigenvalue weighted by atomic mass is 9.99. The zero-order valence-corrected chi connectivity index (χ0v) is 12.1. The number of hydrogen-bond donors (Lipinski definition) is 2. The minimum atomic E-state index is -0.568. The van der Waals surface area contributed by atoms with Crippen LogP contribution in [0.25, 0.3) is 0 Å². The number of rotatable bonds is 4. The van der Waals surface area contributed by atoms with Gasteiger partial charge in [-0.2, -0.15) is 0 Å². The van der Waals surface area contributed by atoms with Gasteiger partial charge in [0, 0.05) is 0 Å². The number of amides is 1. The number of nitrogens with one attached hydrogen (secondary N) is 1. The lowest BCUT2D eigenvalue weighted by molar-refractivity contribution is -0.118. The molecule has 100 valence electrons. The molecule has 3 N–H and O–H groups in total. The molecule has 0 aliphatic heterocycles. The summed E-state index contributed by atoms with van der Waals surface area (Å²) in [5.41, 5.74) is 7.06. The Morgan fingerprint density at radius 1 is 1.56 bits per heavy atom. The van der Waals surface area contributed by atoms with E-state index in [-0.39, 0.29) is 17.0 Å². The molecule has 1 aromatic heterocycles. The number of aromatic nitrogens is 1. The zero-order chi connectivity index (χ0) is 13.9. The fourth-order valence-corrected chi connectivity index (χ4v) is 2.04. The molecular weight excluding hydrogens is 273 g/mol. The van der Waals surface area contributed by atoms with Gasteiger partial charge in [0.05, 0.1) is 11.7 Å². The lowest BCUT2D eigenvalue weighted by Crippen LogP contribution is -2.40. The molecule has 2 atom stereocenters. The smallest absolute Gasteiger partial charge is 0.241 e. The number of hydrogen-bond acceptors (Lipinski definition) is 3. The van der Waals surface area contributed by atoms with Crippen LogP contribution in [0.4, 0.5) is 5.69 Å². The maximum atomic E-state index is 11.9. The van der Waals surface area contributed by atoms with Gasteiger partial charge >= 0.3 is 0 Å². The molecule has 18 heavy (non-hydrogen) atoms. The van der Waals surface area contributed by atoms with Crippen LogP contribution >= 0.6 is 23.2 Å². The largest absolute Gasteiger partial charge is 0.322 e. The van der Waals surface area contributed by atoms with Crippen LogP contribution in [0.5, 0.6) is 0 Å². The van der Waals surface area contributed by atoms with Crippen molar-refractivity contribution in [3.8, 4) is 0 Å². The number of nitrogens with two attached hydrogens (primary N) is 1. The van der Waals surface area contributed by atoms with Crippen LogP contribution in [0.15, 0.2) is 6.07 Å². The SMILES string of the molecule is CC[C@H](C)[C@H](N)C(=O)Nc1c(C)cc(Cl)nc1Cl. The minimum absolute atomic E-state index is 0.101.